The normalized spacial score (nSPS) is 12.9. The summed E-state index contributed by atoms with van der Waals surface area (Å²) in [4.78, 5) is 14.9. The second-order valence-corrected chi connectivity index (χ2v) is 14.4. The zero-order valence-corrected chi connectivity index (χ0v) is 30.3. The van der Waals surface area contributed by atoms with Crippen LogP contribution >= 0.6 is 0 Å². The molecule has 0 fully saturated rings. The predicted octanol–water partition coefficient (Wildman–Crippen LogP) is 12.7. The third kappa shape index (κ3) is 5.04. The Bertz CT molecular complexity index is 2850. The van der Waals surface area contributed by atoms with Gasteiger partial charge in [0.1, 0.15) is 11.5 Å². The number of nitrogens with zero attached hydrogens (tertiary/aromatic N) is 3. The first-order valence-electron chi connectivity index (χ1n) is 18.9. The molecule has 0 saturated carbocycles. The minimum absolute atomic E-state index is 0.478. The fourth-order valence-electron chi connectivity index (χ4n) is 8.69. The van der Waals surface area contributed by atoms with Crippen LogP contribution in [0.15, 0.2) is 200 Å². The molecule has 0 atom stereocenters. The van der Waals surface area contributed by atoms with E-state index < -0.39 is 5.41 Å². The van der Waals surface area contributed by atoms with Crippen LogP contribution in [0.4, 0.5) is 0 Å². The van der Waals surface area contributed by atoms with E-state index in [-0.39, 0.29) is 0 Å². The van der Waals surface area contributed by atoms with Crippen LogP contribution in [0.5, 0.6) is 11.5 Å². The highest BCUT2D eigenvalue weighted by atomic mass is 16.5. The van der Waals surface area contributed by atoms with Gasteiger partial charge in [-0.3, -0.25) is 0 Å². The first kappa shape index (κ1) is 32.0. The van der Waals surface area contributed by atoms with Crippen LogP contribution in [0, 0.1) is 0 Å². The summed E-state index contributed by atoms with van der Waals surface area (Å²) in [5.41, 5.74) is 14.3. The molecule has 9 aromatic rings. The third-order valence-corrected chi connectivity index (χ3v) is 11.2. The fourth-order valence-corrected chi connectivity index (χ4v) is 8.69. The van der Waals surface area contributed by atoms with Gasteiger partial charge in [-0.05, 0) is 74.8 Å². The molecule has 2 heterocycles. The molecule has 1 aromatic heterocycles. The van der Waals surface area contributed by atoms with Crippen LogP contribution in [-0.2, 0) is 5.41 Å². The van der Waals surface area contributed by atoms with E-state index in [1.807, 2.05) is 60.7 Å². The largest absolute Gasteiger partial charge is 0.457 e. The molecular formula is C52H33N3O. The summed E-state index contributed by atoms with van der Waals surface area (Å²) in [5, 5.41) is 0. The second-order valence-electron chi connectivity index (χ2n) is 14.4. The number of hydrogen-bond donors (Lipinski definition) is 0. The summed E-state index contributed by atoms with van der Waals surface area (Å²) in [7, 11) is 0. The summed E-state index contributed by atoms with van der Waals surface area (Å²) in [6.07, 6.45) is 0. The highest BCUT2D eigenvalue weighted by molar-refractivity contribution is 5.91. The molecular weight excluding hydrogens is 683 g/mol. The minimum Gasteiger partial charge on any atom is -0.457 e. The Balaban J connectivity index is 1.01. The topological polar surface area (TPSA) is 47.9 Å². The molecule has 1 aliphatic heterocycles. The van der Waals surface area contributed by atoms with Crippen molar-refractivity contribution in [3.8, 4) is 79.0 Å². The van der Waals surface area contributed by atoms with Gasteiger partial charge in [-0.25, -0.2) is 15.0 Å². The molecule has 0 amide bonds. The summed E-state index contributed by atoms with van der Waals surface area (Å²) in [5.74, 6) is 3.73. The van der Waals surface area contributed by atoms with Crippen LogP contribution < -0.4 is 4.74 Å². The maximum atomic E-state index is 6.52. The predicted molar refractivity (Wildman–Crippen MR) is 224 cm³/mol. The van der Waals surface area contributed by atoms with Gasteiger partial charge in [0.25, 0.3) is 0 Å². The Hall–Kier alpha value is -7.43. The molecule has 1 spiro atoms. The number of aromatic nitrogens is 3. The molecule has 2 aliphatic rings. The lowest BCUT2D eigenvalue weighted by atomic mass is 9.66. The van der Waals surface area contributed by atoms with Crippen molar-refractivity contribution in [2.24, 2.45) is 0 Å². The lowest BCUT2D eigenvalue weighted by Gasteiger charge is -2.39. The van der Waals surface area contributed by atoms with Crippen molar-refractivity contribution in [2.75, 3.05) is 0 Å². The summed E-state index contributed by atoms with van der Waals surface area (Å²) >= 11 is 0. The van der Waals surface area contributed by atoms with Gasteiger partial charge < -0.3 is 4.74 Å². The molecule has 0 saturated heterocycles. The summed E-state index contributed by atoms with van der Waals surface area (Å²) in [6, 6.07) is 70.4. The van der Waals surface area contributed by atoms with Gasteiger partial charge >= 0.3 is 0 Å². The summed E-state index contributed by atoms with van der Waals surface area (Å²) < 4.78 is 6.52. The second kappa shape index (κ2) is 12.9. The van der Waals surface area contributed by atoms with Crippen molar-refractivity contribution >= 4 is 0 Å². The Morgan fingerprint density at radius 3 is 1.29 bits per heavy atom. The first-order valence-corrected chi connectivity index (χ1v) is 18.9. The number of hydrogen-bond acceptors (Lipinski definition) is 4. The maximum absolute atomic E-state index is 6.52. The maximum Gasteiger partial charge on any atom is 0.164 e. The van der Waals surface area contributed by atoms with Gasteiger partial charge in [0.2, 0.25) is 0 Å². The van der Waals surface area contributed by atoms with Crippen molar-refractivity contribution in [1.29, 1.82) is 0 Å². The van der Waals surface area contributed by atoms with Crippen LogP contribution in [0.1, 0.15) is 22.3 Å². The first-order chi connectivity index (χ1) is 27.7. The van der Waals surface area contributed by atoms with Gasteiger partial charge in [0, 0.05) is 27.8 Å². The molecule has 0 radical (unpaired) electrons. The molecule has 11 rings (SSSR count). The highest BCUT2D eigenvalue weighted by Crippen LogP contribution is 2.62. The average molecular weight is 716 g/mol. The molecule has 262 valence electrons. The molecule has 4 heteroatoms. The van der Waals surface area contributed by atoms with Crippen molar-refractivity contribution in [3.63, 3.8) is 0 Å². The van der Waals surface area contributed by atoms with E-state index in [9.17, 15) is 0 Å². The zero-order valence-electron chi connectivity index (χ0n) is 30.3. The molecule has 0 unspecified atom stereocenters. The van der Waals surface area contributed by atoms with Gasteiger partial charge in [-0.2, -0.15) is 0 Å². The van der Waals surface area contributed by atoms with Crippen molar-refractivity contribution < 1.29 is 4.74 Å². The van der Waals surface area contributed by atoms with Crippen molar-refractivity contribution in [3.05, 3.63) is 222 Å². The minimum atomic E-state index is -0.478. The van der Waals surface area contributed by atoms with E-state index in [2.05, 4.69) is 140 Å². The van der Waals surface area contributed by atoms with E-state index in [1.165, 1.54) is 38.9 Å². The standard InChI is InChI=1S/C52H33N3O/c1-3-15-34(16-4-1)49-53-50(35-17-5-2-6-18-35)55-51(54-49)40-22-14-21-38(32-40)36-19-13-20-37(31-36)39-29-30-44-42(33-39)41-23-7-8-24-43(41)52(44)45-25-9-11-27-47(45)56-48-28-12-10-26-46(48)52/h1-33H. The Labute approximate surface area is 325 Å². The molecule has 8 aromatic carbocycles. The number of ether oxygens (including phenoxy) is 1. The van der Waals surface area contributed by atoms with Crippen molar-refractivity contribution in [2.45, 2.75) is 5.41 Å². The molecule has 56 heavy (non-hydrogen) atoms. The van der Waals surface area contributed by atoms with Gasteiger partial charge in [0.05, 0.1) is 5.41 Å². The SMILES string of the molecule is c1ccc(-c2nc(-c3ccccc3)nc(-c3cccc(-c4cccc(-c5ccc6c(c5)-c5ccccc5C65c6ccccc6Oc6ccccc65)c4)c3)n2)cc1. The van der Waals surface area contributed by atoms with Gasteiger partial charge in [-0.1, -0.05) is 170 Å². The van der Waals surface area contributed by atoms with Crippen LogP contribution in [0.25, 0.3) is 67.5 Å². The Morgan fingerprint density at radius 1 is 0.286 bits per heavy atom. The number of para-hydroxylation sites is 2. The smallest absolute Gasteiger partial charge is 0.164 e. The van der Waals surface area contributed by atoms with E-state index in [4.69, 9.17) is 19.7 Å². The van der Waals surface area contributed by atoms with Crippen LogP contribution in [0.3, 0.4) is 0 Å². The molecule has 0 N–H and O–H groups in total. The molecule has 1 aliphatic carbocycles. The number of rotatable bonds is 5. The lowest BCUT2D eigenvalue weighted by Crippen LogP contribution is -2.32. The van der Waals surface area contributed by atoms with Crippen LogP contribution in [-0.4, -0.2) is 15.0 Å². The van der Waals surface area contributed by atoms with Gasteiger partial charge in [-0.15, -0.1) is 0 Å². The highest BCUT2D eigenvalue weighted by Gasteiger charge is 2.50. The lowest BCUT2D eigenvalue weighted by molar-refractivity contribution is 0.436. The molecule has 4 nitrogen and oxygen atoms in total. The quantitative estimate of drug-likeness (QED) is 0.178. The van der Waals surface area contributed by atoms with Crippen LogP contribution in [0.2, 0.25) is 0 Å². The van der Waals surface area contributed by atoms with E-state index in [0.717, 1.165) is 44.9 Å². The number of fused-ring (bicyclic) bond motifs is 9. The summed E-state index contributed by atoms with van der Waals surface area (Å²) in [6.45, 7) is 0. The Kier molecular flexibility index (Phi) is 7.36. The molecule has 0 bridgehead atoms. The van der Waals surface area contributed by atoms with E-state index >= 15 is 0 Å². The van der Waals surface area contributed by atoms with Crippen molar-refractivity contribution in [1.82, 2.24) is 15.0 Å². The monoisotopic (exact) mass is 715 g/mol. The third-order valence-electron chi connectivity index (χ3n) is 11.2. The number of benzene rings is 8. The zero-order chi connectivity index (χ0) is 37.1. The van der Waals surface area contributed by atoms with E-state index in [1.54, 1.807) is 0 Å². The fraction of sp³-hybridized carbons (Fsp3) is 0.0192. The van der Waals surface area contributed by atoms with E-state index in [0.29, 0.717) is 17.5 Å². The average Bonchev–Trinajstić information content (AvgIpc) is 3.57. The Morgan fingerprint density at radius 2 is 0.696 bits per heavy atom. The van der Waals surface area contributed by atoms with Gasteiger partial charge in [0.15, 0.2) is 17.5 Å².